The number of nitrogens with zero attached hydrogens (tertiary/aromatic N) is 6. The van der Waals surface area contributed by atoms with Gasteiger partial charge in [-0.05, 0) is 44.1 Å². The Hall–Kier alpha value is -2.35. The van der Waals surface area contributed by atoms with Gasteiger partial charge in [-0.2, -0.15) is 11.8 Å². The van der Waals surface area contributed by atoms with Gasteiger partial charge in [0.25, 0.3) is 0 Å². The minimum absolute atomic E-state index is 0.0376. The van der Waals surface area contributed by atoms with Gasteiger partial charge in [0.15, 0.2) is 5.82 Å². The zero-order valence-corrected chi connectivity index (χ0v) is 18.3. The minimum Gasteiger partial charge on any atom is -0.331 e. The van der Waals surface area contributed by atoms with E-state index in [4.69, 9.17) is 4.98 Å². The van der Waals surface area contributed by atoms with E-state index in [9.17, 15) is 4.79 Å². The van der Waals surface area contributed by atoms with Crippen LogP contribution < -0.4 is 0 Å². The van der Waals surface area contributed by atoms with Crippen molar-refractivity contribution in [2.45, 2.75) is 63.4 Å². The Balaban J connectivity index is 1.42. The number of aryl methyl sites for hydroxylation is 1. The summed E-state index contributed by atoms with van der Waals surface area (Å²) in [6, 6.07) is 8.12. The monoisotopic (exact) mass is 424 g/mol. The fraction of sp³-hybridized carbons (Fsp3) is 0.545. The summed E-state index contributed by atoms with van der Waals surface area (Å²) < 4.78 is 4.38. The van der Waals surface area contributed by atoms with E-state index in [1.54, 1.807) is 11.8 Å². The maximum atomic E-state index is 13.5. The van der Waals surface area contributed by atoms with E-state index in [2.05, 4.69) is 31.7 Å². The van der Waals surface area contributed by atoms with Gasteiger partial charge in [-0.1, -0.05) is 18.6 Å². The molecule has 30 heavy (non-hydrogen) atoms. The molecule has 0 saturated carbocycles. The second-order valence-corrected chi connectivity index (χ2v) is 9.08. The van der Waals surface area contributed by atoms with Crippen LogP contribution in [0.4, 0.5) is 0 Å². The summed E-state index contributed by atoms with van der Waals surface area (Å²) in [4.78, 5) is 20.3. The smallest absolute Gasteiger partial charge is 0.243 e. The molecule has 0 N–H and O–H groups in total. The topological polar surface area (TPSA) is 68.8 Å². The lowest BCUT2D eigenvalue weighted by atomic mass is 10.2. The first kappa shape index (κ1) is 19.6. The molecule has 2 aliphatic rings. The molecule has 1 fully saturated rings. The van der Waals surface area contributed by atoms with E-state index in [0.29, 0.717) is 6.54 Å². The lowest BCUT2D eigenvalue weighted by Gasteiger charge is -2.25. The number of hydrogen-bond acceptors (Lipinski definition) is 5. The number of rotatable bonds is 5. The summed E-state index contributed by atoms with van der Waals surface area (Å²) in [6.07, 6.45) is 8.62. The average Bonchev–Trinajstić information content (AvgIpc) is 3.42. The third-order valence-corrected chi connectivity index (χ3v) is 6.86. The highest BCUT2D eigenvalue weighted by molar-refractivity contribution is 7.97. The normalized spacial score (nSPS) is 19.2. The summed E-state index contributed by atoms with van der Waals surface area (Å²) in [5.41, 5.74) is 1.98. The molecule has 4 heterocycles. The first-order chi connectivity index (χ1) is 14.8. The van der Waals surface area contributed by atoms with Crippen LogP contribution in [0.3, 0.4) is 0 Å². The maximum absolute atomic E-state index is 13.5. The number of fused-ring (bicyclic) bond motifs is 2. The average molecular weight is 425 g/mol. The molecule has 8 heteroatoms. The molecule has 1 unspecified atom stereocenters. The second-order valence-electron chi connectivity index (χ2n) is 8.22. The third kappa shape index (κ3) is 3.51. The Kier molecular flexibility index (Phi) is 5.50. The summed E-state index contributed by atoms with van der Waals surface area (Å²) >= 11 is 1.73. The number of hydrogen-bond donors (Lipinski definition) is 0. The number of para-hydroxylation sites is 2. The third-order valence-electron chi connectivity index (χ3n) is 6.31. The Morgan fingerprint density at radius 3 is 2.93 bits per heavy atom. The van der Waals surface area contributed by atoms with Gasteiger partial charge in [0.1, 0.15) is 18.2 Å². The number of imidazole rings is 1. The van der Waals surface area contributed by atoms with Gasteiger partial charge in [-0.3, -0.25) is 4.79 Å². The first-order valence-electron chi connectivity index (χ1n) is 10.9. The van der Waals surface area contributed by atoms with Gasteiger partial charge in [0.05, 0.1) is 22.8 Å². The zero-order chi connectivity index (χ0) is 20.5. The fourth-order valence-electron chi connectivity index (χ4n) is 4.85. The Morgan fingerprint density at radius 2 is 2.03 bits per heavy atom. The number of thioether (sulfide) groups is 1. The molecule has 3 aromatic rings. The van der Waals surface area contributed by atoms with E-state index in [-0.39, 0.29) is 11.9 Å². The van der Waals surface area contributed by atoms with Crippen LogP contribution in [-0.4, -0.2) is 47.9 Å². The SMILES string of the molecule is CSCc1nc2ccccc2n1CC(=O)N1CCCC1c1nnc2n1CCCCC2. The second kappa shape index (κ2) is 8.41. The number of aromatic nitrogens is 5. The van der Waals surface area contributed by atoms with Crippen LogP contribution in [0.15, 0.2) is 24.3 Å². The molecule has 1 aromatic carbocycles. The van der Waals surface area contributed by atoms with Crippen molar-refractivity contribution in [3.8, 4) is 0 Å². The van der Waals surface area contributed by atoms with Crippen molar-refractivity contribution in [3.05, 3.63) is 41.7 Å². The van der Waals surface area contributed by atoms with Crippen molar-refractivity contribution in [2.24, 2.45) is 0 Å². The Labute approximate surface area is 180 Å². The molecule has 0 radical (unpaired) electrons. The molecular weight excluding hydrogens is 396 g/mol. The number of benzene rings is 1. The van der Waals surface area contributed by atoms with E-state index >= 15 is 0 Å². The molecule has 2 aliphatic heterocycles. The molecule has 158 valence electrons. The summed E-state index contributed by atoms with van der Waals surface area (Å²) in [7, 11) is 0. The highest BCUT2D eigenvalue weighted by atomic mass is 32.2. The summed E-state index contributed by atoms with van der Waals surface area (Å²) in [6.45, 7) is 2.09. The highest BCUT2D eigenvalue weighted by Crippen LogP contribution is 2.33. The predicted octanol–water partition coefficient (Wildman–Crippen LogP) is 3.58. The molecule has 2 aromatic heterocycles. The van der Waals surface area contributed by atoms with Crippen LogP contribution in [0.25, 0.3) is 11.0 Å². The van der Waals surface area contributed by atoms with Crippen LogP contribution in [0.1, 0.15) is 55.6 Å². The van der Waals surface area contributed by atoms with E-state index in [1.807, 2.05) is 23.1 Å². The molecule has 5 rings (SSSR count). The standard InChI is InChI=1S/C22H28N6OS/c1-30-15-20-23-16-8-4-5-9-17(16)28(20)14-21(29)26-13-7-10-18(26)22-25-24-19-11-3-2-6-12-27(19)22/h4-5,8-9,18H,2-3,6-7,10-15H2,1H3. The fourth-order valence-corrected chi connectivity index (χ4v) is 5.33. The van der Waals surface area contributed by atoms with Crippen molar-refractivity contribution in [2.75, 3.05) is 12.8 Å². The van der Waals surface area contributed by atoms with Crippen LogP contribution in [0.5, 0.6) is 0 Å². The van der Waals surface area contributed by atoms with Crippen molar-refractivity contribution in [1.82, 2.24) is 29.2 Å². The number of carbonyl (C=O) groups is 1. The van der Waals surface area contributed by atoms with Crippen LogP contribution in [-0.2, 0) is 30.1 Å². The van der Waals surface area contributed by atoms with Gasteiger partial charge >= 0.3 is 0 Å². The van der Waals surface area contributed by atoms with E-state index in [0.717, 1.165) is 73.0 Å². The van der Waals surface area contributed by atoms with Crippen molar-refractivity contribution < 1.29 is 4.79 Å². The number of carbonyl (C=O) groups excluding carboxylic acids is 1. The van der Waals surface area contributed by atoms with Crippen molar-refractivity contribution in [3.63, 3.8) is 0 Å². The highest BCUT2D eigenvalue weighted by Gasteiger charge is 2.34. The van der Waals surface area contributed by atoms with Crippen LogP contribution in [0.2, 0.25) is 0 Å². The molecule has 1 atom stereocenters. The lowest BCUT2D eigenvalue weighted by Crippen LogP contribution is -2.35. The van der Waals surface area contributed by atoms with Gasteiger partial charge in [-0.15, -0.1) is 10.2 Å². The summed E-state index contributed by atoms with van der Waals surface area (Å²) in [5.74, 6) is 3.98. The van der Waals surface area contributed by atoms with Crippen LogP contribution in [0, 0.1) is 0 Å². The van der Waals surface area contributed by atoms with E-state index in [1.165, 1.54) is 12.8 Å². The molecule has 1 saturated heterocycles. The Morgan fingerprint density at radius 1 is 1.13 bits per heavy atom. The first-order valence-corrected chi connectivity index (χ1v) is 12.3. The Bertz CT molecular complexity index is 1060. The zero-order valence-electron chi connectivity index (χ0n) is 17.5. The van der Waals surface area contributed by atoms with Crippen LogP contribution >= 0.6 is 11.8 Å². The quantitative estimate of drug-likeness (QED) is 0.626. The molecule has 0 aliphatic carbocycles. The van der Waals surface area contributed by atoms with E-state index < -0.39 is 0 Å². The molecule has 7 nitrogen and oxygen atoms in total. The van der Waals surface area contributed by atoms with Gasteiger partial charge in [0.2, 0.25) is 5.91 Å². The van der Waals surface area contributed by atoms with Gasteiger partial charge < -0.3 is 14.0 Å². The molecular formula is C22H28N6OS. The summed E-state index contributed by atoms with van der Waals surface area (Å²) in [5, 5.41) is 9.01. The maximum Gasteiger partial charge on any atom is 0.243 e. The molecule has 0 bridgehead atoms. The van der Waals surface area contributed by atoms with Crippen molar-refractivity contribution in [1.29, 1.82) is 0 Å². The molecule has 1 amide bonds. The van der Waals surface area contributed by atoms with Gasteiger partial charge in [0, 0.05) is 19.5 Å². The molecule has 0 spiro atoms. The lowest BCUT2D eigenvalue weighted by molar-refractivity contribution is -0.132. The minimum atomic E-state index is 0.0376. The predicted molar refractivity (Wildman–Crippen MR) is 118 cm³/mol. The van der Waals surface area contributed by atoms with Crippen molar-refractivity contribution >= 4 is 28.7 Å². The number of amides is 1. The van der Waals surface area contributed by atoms with Gasteiger partial charge in [-0.25, -0.2) is 4.98 Å². The number of likely N-dealkylation sites (tertiary alicyclic amines) is 1. The largest absolute Gasteiger partial charge is 0.331 e.